The van der Waals surface area contributed by atoms with Gasteiger partial charge in [-0.05, 0) is 50.9 Å². The lowest BCUT2D eigenvalue weighted by atomic mass is 9.91. The van der Waals surface area contributed by atoms with Crippen LogP contribution in [-0.4, -0.2) is 30.6 Å². The first kappa shape index (κ1) is 21.6. The molecule has 0 aliphatic heterocycles. The van der Waals surface area contributed by atoms with E-state index in [0.717, 1.165) is 57.8 Å². The van der Waals surface area contributed by atoms with E-state index >= 15 is 0 Å². The maximum atomic E-state index is 12.1. The Morgan fingerprint density at radius 1 is 1.12 bits per heavy atom. The third-order valence-electron chi connectivity index (χ3n) is 4.85. The zero-order chi connectivity index (χ0) is 18.3. The highest BCUT2D eigenvalue weighted by molar-refractivity contribution is 5.83. The summed E-state index contributed by atoms with van der Waals surface area (Å²) in [6.45, 7) is 0.290. The van der Waals surface area contributed by atoms with Gasteiger partial charge in [-0.3, -0.25) is 9.59 Å². The van der Waals surface area contributed by atoms with E-state index in [9.17, 15) is 9.59 Å². The monoisotopic (exact) mass is 350 g/mol. The highest BCUT2D eigenvalue weighted by Crippen LogP contribution is 2.32. The van der Waals surface area contributed by atoms with E-state index < -0.39 is 0 Å². The van der Waals surface area contributed by atoms with Crippen LogP contribution < -0.4 is 0 Å². The molecule has 0 amide bonds. The fourth-order valence-corrected chi connectivity index (χ4v) is 3.30. The average Bonchev–Trinajstić information content (AvgIpc) is 2.97. The molecule has 1 aliphatic rings. The second kappa shape index (κ2) is 13.8. The minimum atomic E-state index is -0.166. The SMILES string of the molecule is COC(=O)CCC/C=C\C[C@H]1C(=O)CC[C@H]1C=CCCCCCCO. The number of aliphatic hydroxyl groups excluding tert-OH is 1. The maximum Gasteiger partial charge on any atom is 0.305 e. The second-order valence-corrected chi connectivity index (χ2v) is 6.81. The van der Waals surface area contributed by atoms with Crippen LogP contribution in [0.1, 0.15) is 70.6 Å². The fourth-order valence-electron chi connectivity index (χ4n) is 3.30. The number of allylic oxidation sites excluding steroid dienone is 4. The molecule has 142 valence electrons. The first-order chi connectivity index (χ1) is 12.2. The van der Waals surface area contributed by atoms with Crippen LogP contribution in [0.25, 0.3) is 0 Å². The zero-order valence-corrected chi connectivity index (χ0v) is 15.6. The van der Waals surface area contributed by atoms with Gasteiger partial charge >= 0.3 is 5.97 Å². The lowest BCUT2D eigenvalue weighted by Gasteiger charge is -2.12. The minimum absolute atomic E-state index is 0.127. The van der Waals surface area contributed by atoms with Gasteiger partial charge in [-0.15, -0.1) is 0 Å². The Balaban J connectivity index is 2.24. The van der Waals surface area contributed by atoms with Crippen LogP contribution >= 0.6 is 0 Å². The van der Waals surface area contributed by atoms with E-state index in [-0.39, 0.29) is 18.5 Å². The van der Waals surface area contributed by atoms with E-state index in [4.69, 9.17) is 5.11 Å². The molecule has 25 heavy (non-hydrogen) atoms. The largest absolute Gasteiger partial charge is 0.469 e. The van der Waals surface area contributed by atoms with Gasteiger partial charge in [0.25, 0.3) is 0 Å². The molecular formula is C21H34O4. The van der Waals surface area contributed by atoms with Gasteiger partial charge in [-0.2, -0.15) is 0 Å². The van der Waals surface area contributed by atoms with Crippen molar-refractivity contribution in [2.45, 2.75) is 70.6 Å². The fraction of sp³-hybridized carbons (Fsp3) is 0.714. The van der Waals surface area contributed by atoms with Gasteiger partial charge in [0, 0.05) is 25.4 Å². The summed E-state index contributed by atoms with van der Waals surface area (Å²) in [4.78, 5) is 23.1. The Bertz CT molecular complexity index is 439. The third-order valence-corrected chi connectivity index (χ3v) is 4.85. The molecule has 0 spiro atoms. The summed E-state index contributed by atoms with van der Waals surface area (Å²) in [6.07, 6.45) is 18.6. The molecule has 0 aromatic carbocycles. The van der Waals surface area contributed by atoms with E-state index in [0.29, 0.717) is 24.5 Å². The zero-order valence-electron chi connectivity index (χ0n) is 15.6. The van der Waals surface area contributed by atoms with E-state index in [1.54, 1.807) is 0 Å². The van der Waals surface area contributed by atoms with E-state index in [1.807, 2.05) is 0 Å². The third kappa shape index (κ3) is 9.59. The normalized spacial score (nSPS) is 20.8. The first-order valence-electron chi connectivity index (χ1n) is 9.71. The molecule has 1 aliphatic carbocycles. The summed E-state index contributed by atoms with van der Waals surface area (Å²) in [5.74, 6) is 0.727. The number of ether oxygens (including phenoxy) is 1. The number of ketones is 1. The van der Waals surface area contributed by atoms with Crippen LogP contribution in [0.4, 0.5) is 0 Å². The van der Waals surface area contributed by atoms with Crippen molar-refractivity contribution in [2.75, 3.05) is 13.7 Å². The molecule has 0 bridgehead atoms. The lowest BCUT2D eigenvalue weighted by Crippen LogP contribution is -2.12. The Hall–Kier alpha value is -1.42. The second-order valence-electron chi connectivity index (χ2n) is 6.81. The van der Waals surface area contributed by atoms with Crippen molar-refractivity contribution < 1.29 is 19.4 Å². The van der Waals surface area contributed by atoms with E-state index in [2.05, 4.69) is 29.0 Å². The van der Waals surface area contributed by atoms with Crippen LogP contribution in [-0.2, 0) is 14.3 Å². The predicted molar refractivity (Wildman–Crippen MR) is 100 cm³/mol. The van der Waals surface area contributed by atoms with Crippen LogP contribution in [0, 0.1) is 11.8 Å². The number of methoxy groups -OCH3 is 1. The highest BCUT2D eigenvalue weighted by Gasteiger charge is 2.31. The van der Waals surface area contributed by atoms with E-state index in [1.165, 1.54) is 7.11 Å². The summed E-state index contributed by atoms with van der Waals surface area (Å²) < 4.78 is 4.61. The maximum absolute atomic E-state index is 12.1. The topological polar surface area (TPSA) is 63.6 Å². The molecule has 0 aromatic rings. The number of rotatable bonds is 13. The molecule has 1 N–H and O–H groups in total. The molecule has 4 heteroatoms. The summed E-state index contributed by atoms with van der Waals surface area (Å²) in [6, 6.07) is 0. The standard InChI is InChI=1S/C21H34O4/c1-25-21(24)14-10-6-5-9-13-19-18(15-16-20(19)23)12-8-4-2-3-7-11-17-22/h5,8-9,12,18-19,22H,2-4,6-7,10-11,13-17H2,1H3/b9-5-,12-8?/t18-,19-/m1/s1. The Morgan fingerprint density at radius 3 is 2.64 bits per heavy atom. The first-order valence-corrected chi connectivity index (χ1v) is 9.71. The van der Waals surface area contributed by atoms with Crippen molar-refractivity contribution in [3.8, 4) is 0 Å². The molecule has 2 atom stereocenters. The van der Waals surface area contributed by atoms with Gasteiger partial charge in [-0.25, -0.2) is 0 Å². The number of carbonyl (C=O) groups excluding carboxylic acids is 2. The average molecular weight is 350 g/mol. The summed E-state index contributed by atoms with van der Waals surface area (Å²) in [5.41, 5.74) is 0. The Labute approximate surface area is 152 Å². The number of esters is 1. The number of aliphatic hydroxyl groups is 1. The molecular weight excluding hydrogens is 316 g/mol. The van der Waals surface area contributed by atoms with Gasteiger partial charge in [0.05, 0.1) is 7.11 Å². The summed E-state index contributed by atoms with van der Waals surface area (Å²) >= 11 is 0. The van der Waals surface area contributed by atoms with Crippen molar-refractivity contribution in [1.29, 1.82) is 0 Å². The van der Waals surface area contributed by atoms with Crippen molar-refractivity contribution in [2.24, 2.45) is 11.8 Å². The molecule has 0 radical (unpaired) electrons. The van der Waals surface area contributed by atoms with Crippen molar-refractivity contribution >= 4 is 11.8 Å². The molecule has 0 aromatic heterocycles. The number of Topliss-reactive ketones (excluding diaryl/α,β-unsaturated/α-hetero) is 1. The van der Waals surface area contributed by atoms with Crippen molar-refractivity contribution in [3.63, 3.8) is 0 Å². The Morgan fingerprint density at radius 2 is 1.88 bits per heavy atom. The molecule has 0 unspecified atom stereocenters. The van der Waals surface area contributed by atoms with Gasteiger partial charge in [0.1, 0.15) is 5.78 Å². The lowest BCUT2D eigenvalue weighted by molar-refractivity contribution is -0.140. The number of unbranched alkanes of at least 4 members (excludes halogenated alkanes) is 5. The quantitative estimate of drug-likeness (QED) is 0.304. The molecule has 4 nitrogen and oxygen atoms in total. The van der Waals surface area contributed by atoms with Gasteiger partial charge in [0.15, 0.2) is 0 Å². The molecule has 0 saturated heterocycles. The molecule has 1 fully saturated rings. The minimum Gasteiger partial charge on any atom is -0.469 e. The summed E-state index contributed by atoms with van der Waals surface area (Å²) in [7, 11) is 1.41. The van der Waals surface area contributed by atoms with Crippen LogP contribution in [0.15, 0.2) is 24.3 Å². The van der Waals surface area contributed by atoms with Crippen LogP contribution in [0.2, 0.25) is 0 Å². The highest BCUT2D eigenvalue weighted by atomic mass is 16.5. The number of carbonyl (C=O) groups is 2. The number of hydrogen-bond acceptors (Lipinski definition) is 4. The van der Waals surface area contributed by atoms with Crippen LogP contribution in [0.5, 0.6) is 0 Å². The Kier molecular flexibility index (Phi) is 12.0. The van der Waals surface area contributed by atoms with Gasteiger partial charge in [0.2, 0.25) is 0 Å². The van der Waals surface area contributed by atoms with Crippen molar-refractivity contribution in [1.82, 2.24) is 0 Å². The smallest absolute Gasteiger partial charge is 0.305 e. The summed E-state index contributed by atoms with van der Waals surface area (Å²) in [5, 5.41) is 8.75. The van der Waals surface area contributed by atoms with Crippen LogP contribution in [0.3, 0.4) is 0 Å². The van der Waals surface area contributed by atoms with Gasteiger partial charge in [-0.1, -0.05) is 37.1 Å². The van der Waals surface area contributed by atoms with Crippen molar-refractivity contribution in [3.05, 3.63) is 24.3 Å². The molecule has 1 saturated carbocycles. The molecule has 1 rings (SSSR count). The predicted octanol–water partition coefficient (Wildman–Crippen LogP) is 4.37. The number of hydrogen-bond donors (Lipinski definition) is 1. The molecule has 0 heterocycles. The van der Waals surface area contributed by atoms with Gasteiger partial charge < -0.3 is 9.84 Å².